The van der Waals surface area contributed by atoms with E-state index in [1.165, 1.54) is 0 Å². The summed E-state index contributed by atoms with van der Waals surface area (Å²) in [6, 6.07) is 15.5. The predicted molar refractivity (Wildman–Crippen MR) is 109 cm³/mol. The number of Topliss-reactive ketones (excluding diaryl/α,β-unsaturated/α-hetero) is 1. The molecule has 3 nitrogen and oxygen atoms in total. The quantitative estimate of drug-likeness (QED) is 0.504. The highest BCUT2D eigenvalue weighted by Crippen LogP contribution is 2.32. The SMILES string of the molecule is COc1ccc(/C=C2\CC(Br)C/C(=C\c3ccc(OC)cc3)C2=O)cc1. The van der Waals surface area contributed by atoms with Crippen LogP contribution in [0.15, 0.2) is 59.7 Å². The van der Waals surface area contributed by atoms with Crippen LogP contribution in [0.2, 0.25) is 0 Å². The van der Waals surface area contributed by atoms with Gasteiger partial charge in [0.1, 0.15) is 11.5 Å². The van der Waals surface area contributed by atoms with Gasteiger partial charge in [-0.3, -0.25) is 4.79 Å². The van der Waals surface area contributed by atoms with Crippen LogP contribution in [-0.2, 0) is 4.79 Å². The summed E-state index contributed by atoms with van der Waals surface area (Å²) in [6.45, 7) is 0. The third-order valence-corrected chi connectivity index (χ3v) is 5.03. The number of hydrogen-bond donors (Lipinski definition) is 0. The number of ketones is 1. The largest absolute Gasteiger partial charge is 0.497 e. The molecule has 4 heteroatoms. The van der Waals surface area contributed by atoms with Crippen LogP contribution in [0.1, 0.15) is 24.0 Å². The van der Waals surface area contributed by atoms with E-state index in [2.05, 4.69) is 15.9 Å². The van der Waals surface area contributed by atoms with Crippen LogP contribution in [-0.4, -0.2) is 24.8 Å². The van der Waals surface area contributed by atoms with Gasteiger partial charge in [0.15, 0.2) is 5.78 Å². The van der Waals surface area contributed by atoms with E-state index in [0.29, 0.717) is 0 Å². The number of rotatable bonds is 4. The second kappa shape index (κ2) is 8.37. The highest BCUT2D eigenvalue weighted by molar-refractivity contribution is 9.09. The number of ether oxygens (including phenoxy) is 2. The van der Waals surface area contributed by atoms with E-state index < -0.39 is 0 Å². The van der Waals surface area contributed by atoms with Crippen molar-refractivity contribution in [2.75, 3.05) is 14.2 Å². The number of methoxy groups -OCH3 is 2. The van der Waals surface area contributed by atoms with Gasteiger partial charge in [-0.05, 0) is 60.4 Å². The minimum Gasteiger partial charge on any atom is -0.497 e. The topological polar surface area (TPSA) is 35.5 Å². The number of carbonyl (C=O) groups excluding carboxylic acids is 1. The fraction of sp³-hybridized carbons (Fsp3) is 0.227. The molecule has 0 amide bonds. The summed E-state index contributed by atoms with van der Waals surface area (Å²) in [5.41, 5.74) is 3.64. The maximum Gasteiger partial charge on any atom is 0.185 e. The van der Waals surface area contributed by atoms with Crippen LogP contribution in [0, 0.1) is 0 Å². The molecule has 0 saturated heterocycles. The smallest absolute Gasteiger partial charge is 0.185 e. The fourth-order valence-electron chi connectivity index (χ4n) is 2.99. The molecule has 1 fully saturated rings. The van der Waals surface area contributed by atoms with Gasteiger partial charge in [-0.1, -0.05) is 40.2 Å². The van der Waals surface area contributed by atoms with Crippen molar-refractivity contribution in [1.82, 2.24) is 0 Å². The van der Waals surface area contributed by atoms with Crippen LogP contribution >= 0.6 is 15.9 Å². The van der Waals surface area contributed by atoms with E-state index in [-0.39, 0.29) is 10.6 Å². The highest BCUT2D eigenvalue weighted by Gasteiger charge is 2.26. The molecule has 0 heterocycles. The molecule has 0 radical (unpaired) electrons. The van der Waals surface area contributed by atoms with E-state index in [9.17, 15) is 4.79 Å². The van der Waals surface area contributed by atoms with Crippen LogP contribution < -0.4 is 9.47 Å². The molecule has 26 heavy (non-hydrogen) atoms. The van der Waals surface area contributed by atoms with Gasteiger partial charge in [-0.2, -0.15) is 0 Å². The predicted octanol–water partition coefficient (Wildman–Crippen LogP) is 5.30. The van der Waals surface area contributed by atoms with Gasteiger partial charge in [-0.15, -0.1) is 0 Å². The van der Waals surface area contributed by atoms with Gasteiger partial charge in [-0.25, -0.2) is 0 Å². The molecule has 2 aromatic carbocycles. The summed E-state index contributed by atoms with van der Waals surface area (Å²) in [5.74, 6) is 1.73. The second-order valence-electron chi connectivity index (χ2n) is 6.22. The van der Waals surface area contributed by atoms with Crippen LogP contribution in [0.4, 0.5) is 0 Å². The van der Waals surface area contributed by atoms with Crippen LogP contribution in [0.5, 0.6) is 11.5 Å². The van der Waals surface area contributed by atoms with E-state index in [0.717, 1.165) is 46.6 Å². The summed E-state index contributed by atoms with van der Waals surface area (Å²) >= 11 is 3.70. The number of alkyl halides is 1. The van der Waals surface area contributed by atoms with Gasteiger partial charge in [0, 0.05) is 16.0 Å². The van der Waals surface area contributed by atoms with Gasteiger partial charge >= 0.3 is 0 Å². The molecule has 0 bridgehead atoms. The van der Waals surface area contributed by atoms with Crippen molar-refractivity contribution in [1.29, 1.82) is 0 Å². The van der Waals surface area contributed by atoms with E-state index in [1.54, 1.807) is 14.2 Å². The van der Waals surface area contributed by atoms with Gasteiger partial charge in [0.2, 0.25) is 0 Å². The fourth-order valence-corrected chi connectivity index (χ4v) is 3.69. The van der Waals surface area contributed by atoms with E-state index >= 15 is 0 Å². The third kappa shape index (κ3) is 4.44. The molecule has 0 aromatic heterocycles. The molecule has 0 aliphatic heterocycles. The molecular formula is C22H21BrO3. The van der Waals surface area contributed by atoms with Crippen molar-refractivity contribution in [2.45, 2.75) is 17.7 Å². The first-order valence-electron chi connectivity index (χ1n) is 8.47. The van der Waals surface area contributed by atoms with E-state index in [4.69, 9.17) is 9.47 Å². The highest BCUT2D eigenvalue weighted by atomic mass is 79.9. The minimum absolute atomic E-state index is 0.118. The lowest BCUT2D eigenvalue weighted by atomic mass is 9.86. The Hall–Kier alpha value is -2.33. The zero-order chi connectivity index (χ0) is 18.5. The normalized spacial score (nSPS) is 20.4. The Labute approximate surface area is 162 Å². The van der Waals surface area contributed by atoms with Crippen molar-refractivity contribution in [3.05, 3.63) is 70.8 Å². The number of hydrogen-bond acceptors (Lipinski definition) is 3. The van der Waals surface area contributed by atoms with Gasteiger partial charge < -0.3 is 9.47 Å². The maximum absolute atomic E-state index is 12.9. The molecular weight excluding hydrogens is 392 g/mol. The molecule has 1 aliphatic carbocycles. The Bertz CT molecular complexity index is 763. The minimum atomic E-state index is 0.118. The van der Waals surface area contributed by atoms with Crippen molar-refractivity contribution in [2.24, 2.45) is 0 Å². The molecule has 0 spiro atoms. The Morgan fingerprint density at radius 3 is 1.54 bits per heavy atom. The van der Waals surface area contributed by atoms with Crippen molar-refractivity contribution < 1.29 is 14.3 Å². The Balaban J connectivity index is 1.86. The molecule has 0 unspecified atom stereocenters. The van der Waals surface area contributed by atoms with Crippen LogP contribution in [0.25, 0.3) is 12.2 Å². The molecule has 1 aliphatic rings. The van der Waals surface area contributed by atoms with Gasteiger partial charge in [0.25, 0.3) is 0 Å². The molecule has 0 atom stereocenters. The molecule has 2 aromatic rings. The zero-order valence-electron chi connectivity index (χ0n) is 14.9. The first-order valence-corrected chi connectivity index (χ1v) is 9.38. The molecule has 3 rings (SSSR count). The van der Waals surface area contributed by atoms with Crippen molar-refractivity contribution in [3.8, 4) is 11.5 Å². The second-order valence-corrected chi connectivity index (χ2v) is 7.52. The summed E-state index contributed by atoms with van der Waals surface area (Å²) in [6.07, 6.45) is 5.39. The number of halogens is 1. The first-order chi connectivity index (χ1) is 12.6. The van der Waals surface area contributed by atoms with Crippen molar-refractivity contribution in [3.63, 3.8) is 0 Å². The summed E-state index contributed by atoms with van der Waals surface area (Å²) < 4.78 is 10.4. The monoisotopic (exact) mass is 412 g/mol. The molecule has 1 saturated carbocycles. The average Bonchev–Trinajstić information content (AvgIpc) is 2.66. The Kier molecular flexibility index (Phi) is 5.94. The lowest BCUT2D eigenvalue weighted by Gasteiger charge is -2.21. The molecule has 0 N–H and O–H groups in total. The van der Waals surface area contributed by atoms with Gasteiger partial charge in [0.05, 0.1) is 14.2 Å². The summed E-state index contributed by atoms with van der Waals surface area (Å²) in [4.78, 5) is 13.2. The Morgan fingerprint density at radius 1 is 0.808 bits per heavy atom. The number of allylic oxidation sites excluding steroid dienone is 2. The number of carbonyl (C=O) groups is 1. The van der Waals surface area contributed by atoms with Crippen LogP contribution in [0.3, 0.4) is 0 Å². The zero-order valence-corrected chi connectivity index (χ0v) is 16.5. The standard InChI is InChI=1S/C22H21BrO3/c1-25-20-7-3-15(4-8-20)11-17-13-19(23)14-18(22(17)24)12-16-5-9-21(26-2)10-6-16/h3-12,19H,13-14H2,1-2H3/b17-11+,18-12+. The lowest BCUT2D eigenvalue weighted by Crippen LogP contribution is -2.19. The Morgan fingerprint density at radius 2 is 1.19 bits per heavy atom. The van der Waals surface area contributed by atoms with Crippen molar-refractivity contribution >= 4 is 33.9 Å². The average molecular weight is 413 g/mol. The maximum atomic E-state index is 12.9. The lowest BCUT2D eigenvalue weighted by molar-refractivity contribution is -0.112. The summed E-state index contributed by atoms with van der Waals surface area (Å²) in [5, 5.41) is 0. The number of benzene rings is 2. The third-order valence-electron chi connectivity index (χ3n) is 4.38. The first kappa shape index (κ1) is 18.5. The summed E-state index contributed by atoms with van der Waals surface area (Å²) in [7, 11) is 3.29. The molecule has 134 valence electrons. The van der Waals surface area contributed by atoms with E-state index in [1.807, 2.05) is 60.7 Å².